The van der Waals surface area contributed by atoms with Crippen molar-refractivity contribution in [2.24, 2.45) is 0 Å². The molecule has 1 aliphatic heterocycles. The largest absolute Gasteiger partial charge is 0.493 e. The smallest absolute Gasteiger partial charge is 0.410 e. The van der Waals surface area contributed by atoms with E-state index in [-0.39, 0.29) is 12.5 Å². The van der Waals surface area contributed by atoms with Crippen molar-refractivity contribution in [1.29, 1.82) is 0 Å². The molecule has 0 bridgehead atoms. The van der Waals surface area contributed by atoms with Crippen molar-refractivity contribution >= 4 is 18.0 Å². The van der Waals surface area contributed by atoms with Crippen LogP contribution in [-0.2, 0) is 25.5 Å². The fourth-order valence-corrected chi connectivity index (χ4v) is 6.87. The maximum Gasteiger partial charge on any atom is 0.410 e. The second-order valence-corrected chi connectivity index (χ2v) is 12.4. The van der Waals surface area contributed by atoms with Gasteiger partial charge < -0.3 is 28.8 Å². The van der Waals surface area contributed by atoms with Crippen LogP contribution in [-0.4, -0.2) is 68.1 Å². The third kappa shape index (κ3) is 7.70. The summed E-state index contributed by atoms with van der Waals surface area (Å²) in [7, 11) is 3.14. The normalized spacial score (nSPS) is 15.7. The van der Waals surface area contributed by atoms with Gasteiger partial charge in [0.1, 0.15) is 24.5 Å². The van der Waals surface area contributed by atoms with E-state index in [1.807, 2.05) is 48.5 Å². The van der Waals surface area contributed by atoms with Crippen molar-refractivity contribution in [1.82, 2.24) is 4.90 Å². The van der Waals surface area contributed by atoms with Crippen molar-refractivity contribution in [3.63, 3.8) is 0 Å². The molecule has 2 aliphatic rings. The van der Waals surface area contributed by atoms with Crippen LogP contribution in [0.5, 0.6) is 17.2 Å². The summed E-state index contributed by atoms with van der Waals surface area (Å²) in [6, 6.07) is 28.0. The number of piperidine rings is 1. The zero-order valence-corrected chi connectivity index (χ0v) is 28.2. The van der Waals surface area contributed by atoms with Crippen molar-refractivity contribution in [3.05, 3.63) is 113 Å². The number of likely N-dealkylation sites (tertiary alicyclic amines) is 1. The Morgan fingerprint density at radius 3 is 2.26 bits per heavy atom. The van der Waals surface area contributed by atoms with Crippen LogP contribution in [0.25, 0.3) is 11.1 Å². The van der Waals surface area contributed by atoms with Gasteiger partial charge in [-0.05, 0) is 89.8 Å². The van der Waals surface area contributed by atoms with E-state index < -0.39 is 36.8 Å². The highest BCUT2D eigenvalue weighted by Crippen LogP contribution is 2.44. The van der Waals surface area contributed by atoms with E-state index in [1.54, 1.807) is 32.4 Å². The van der Waals surface area contributed by atoms with Crippen molar-refractivity contribution in [2.45, 2.75) is 50.2 Å². The molecule has 260 valence electrons. The van der Waals surface area contributed by atoms with Crippen LogP contribution in [0, 0.1) is 0 Å². The van der Waals surface area contributed by atoms with E-state index in [0.717, 1.165) is 40.7 Å². The summed E-state index contributed by atoms with van der Waals surface area (Å²) in [5.74, 6) is -0.186. The molecule has 1 heterocycles. The molecular weight excluding hydrogens is 638 g/mol. The lowest BCUT2D eigenvalue weighted by Crippen LogP contribution is -2.49. The molecule has 10 heteroatoms. The van der Waals surface area contributed by atoms with E-state index in [2.05, 4.69) is 24.3 Å². The van der Waals surface area contributed by atoms with Gasteiger partial charge in [0, 0.05) is 12.5 Å². The predicted molar refractivity (Wildman–Crippen MR) is 186 cm³/mol. The number of aliphatic carboxylic acids is 1. The molecule has 0 saturated carbocycles. The number of carboxylic acid groups (broad SMARTS) is 1. The van der Waals surface area contributed by atoms with E-state index in [4.69, 9.17) is 28.8 Å². The number of ether oxygens (including phenoxy) is 5. The number of carboxylic acids is 1. The van der Waals surface area contributed by atoms with Gasteiger partial charge >= 0.3 is 18.0 Å². The van der Waals surface area contributed by atoms with Crippen LogP contribution < -0.4 is 14.2 Å². The Kier molecular flexibility index (Phi) is 10.9. The first-order valence-corrected chi connectivity index (χ1v) is 16.8. The second kappa shape index (κ2) is 15.8. The van der Waals surface area contributed by atoms with Crippen LogP contribution in [0.1, 0.15) is 60.0 Å². The highest BCUT2D eigenvalue weighted by atomic mass is 16.6. The Balaban J connectivity index is 1.18. The first-order valence-electron chi connectivity index (χ1n) is 16.8. The molecule has 50 heavy (non-hydrogen) atoms. The van der Waals surface area contributed by atoms with E-state index >= 15 is 0 Å². The van der Waals surface area contributed by atoms with Gasteiger partial charge in [0.05, 0.1) is 14.2 Å². The third-order valence-corrected chi connectivity index (χ3v) is 9.34. The Hall–Kier alpha value is -5.51. The molecule has 0 radical (unpaired) electrons. The molecule has 4 aromatic rings. The molecule has 0 unspecified atom stereocenters. The van der Waals surface area contributed by atoms with Crippen LogP contribution in [0.15, 0.2) is 91.0 Å². The number of rotatable bonds is 13. The monoisotopic (exact) mass is 679 g/mol. The number of hydrogen-bond acceptors (Lipinski definition) is 8. The highest BCUT2D eigenvalue weighted by molar-refractivity contribution is 5.82. The second-order valence-electron chi connectivity index (χ2n) is 12.4. The predicted octanol–water partition coefficient (Wildman–Crippen LogP) is 7.19. The molecule has 0 aromatic heterocycles. The minimum atomic E-state index is -1.10. The van der Waals surface area contributed by atoms with Gasteiger partial charge in [0.2, 0.25) is 0 Å². The number of carbonyl (C=O) groups excluding carboxylic acids is 2. The highest BCUT2D eigenvalue weighted by Gasteiger charge is 2.37. The lowest BCUT2D eigenvalue weighted by atomic mass is 9.98. The molecule has 1 saturated heterocycles. The quantitative estimate of drug-likeness (QED) is 0.146. The number of benzene rings is 4. The Morgan fingerprint density at radius 2 is 1.56 bits per heavy atom. The van der Waals surface area contributed by atoms with Gasteiger partial charge in [0.15, 0.2) is 18.1 Å². The van der Waals surface area contributed by atoms with E-state index in [1.165, 1.54) is 4.90 Å². The van der Waals surface area contributed by atoms with Gasteiger partial charge in [-0.1, -0.05) is 66.7 Å². The van der Waals surface area contributed by atoms with Gasteiger partial charge in [-0.2, -0.15) is 0 Å². The molecule has 1 fully saturated rings. The Morgan fingerprint density at radius 1 is 0.840 bits per heavy atom. The van der Waals surface area contributed by atoms with Crippen molar-refractivity contribution < 1.29 is 43.2 Å². The number of hydrogen-bond donors (Lipinski definition) is 1. The number of amides is 1. The molecule has 2 atom stereocenters. The lowest BCUT2D eigenvalue weighted by Gasteiger charge is -2.34. The molecule has 6 rings (SSSR count). The number of nitrogens with zero attached hydrogens (tertiary/aromatic N) is 1. The summed E-state index contributed by atoms with van der Waals surface area (Å²) in [4.78, 5) is 40.2. The molecular formula is C40H41NO9. The first-order chi connectivity index (χ1) is 24.4. The minimum Gasteiger partial charge on any atom is -0.493 e. The fourth-order valence-electron chi connectivity index (χ4n) is 6.87. The summed E-state index contributed by atoms with van der Waals surface area (Å²) in [5.41, 5.74) is 6.09. The number of aryl methyl sites for hydroxylation is 1. The van der Waals surface area contributed by atoms with Crippen LogP contribution in [0.3, 0.4) is 0 Å². The summed E-state index contributed by atoms with van der Waals surface area (Å²) in [6.45, 7) is 0.0319. The van der Waals surface area contributed by atoms with E-state index in [9.17, 15) is 14.4 Å². The van der Waals surface area contributed by atoms with Gasteiger partial charge in [-0.3, -0.25) is 4.90 Å². The van der Waals surface area contributed by atoms with Gasteiger partial charge in [-0.25, -0.2) is 14.4 Å². The van der Waals surface area contributed by atoms with Crippen molar-refractivity contribution in [2.75, 3.05) is 34.0 Å². The standard InChI is InChI=1S/C40H41NO9/c1-46-36-20-18-26(22-37(36)47-2)17-19-35(27-10-9-11-28(23-27)48-25-38(42)43)50-39(44)34-16-7-8-21-41(34)40(45)49-24-33-31-14-5-3-12-29(31)30-13-4-6-15-32(30)33/h3-6,9-15,18,20,22-23,33-35H,7-8,16-17,19,21,24-25H2,1-2H3,(H,42,43)/t34-,35+/m0/s1. The topological polar surface area (TPSA) is 121 Å². The number of esters is 1. The zero-order valence-electron chi connectivity index (χ0n) is 28.2. The minimum absolute atomic E-state index is 0.0990. The maximum atomic E-state index is 14.0. The Bertz CT molecular complexity index is 1790. The van der Waals surface area contributed by atoms with Gasteiger partial charge in [0.25, 0.3) is 0 Å². The number of carbonyl (C=O) groups is 3. The Labute approximate surface area is 291 Å². The molecule has 10 nitrogen and oxygen atoms in total. The maximum absolute atomic E-state index is 14.0. The zero-order chi connectivity index (χ0) is 35.0. The summed E-state index contributed by atoms with van der Waals surface area (Å²) in [5, 5.41) is 9.11. The fraction of sp³-hybridized carbons (Fsp3) is 0.325. The molecule has 4 aromatic carbocycles. The number of fused-ring (bicyclic) bond motifs is 3. The summed E-state index contributed by atoms with van der Waals surface area (Å²) < 4.78 is 28.4. The third-order valence-electron chi connectivity index (χ3n) is 9.34. The summed E-state index contributed by atoms with van der Waals surface area (Å²) >= 11 is 0. The van der Waals surface area contributed by atoms with Crippen LogP contribution in [0.2, 0.25) is 0 Å². The number of methoxy groups -OCH3 is 2. The summed E-state index contributed by atoms with van der Waals surface area (Å²) in [6.07, 6.45) is 1.64. The molecule has 1 amide bonds. The van der Waals surface area contributed by atoms with E-state index in [0.29, 0.717) is 48.6 Å². The van der Waals surface area contributed by atoms with Crippen LogP contribution in [0.4, 0.5) is 4.79 Å². The lowest BCUT2D eigenvalue weighted by molar-refractivity contribution is -0.157. The average Bonchev–Trinajstić information content (AvgIpc) is 3.47. The van der Waals surface area contributed by atoms with Crippen molar-refractivity contribution in [3.8, 4) is 28.4 Å². The SMILES string of the molecule is COc1ccc(CC[C@@H](OC(=O)[C@@H]2CCCCN2C(=O)OCC2c3ccccc3-c3ccccc32)c2cccc(OCC(=O)O)c2)cc1OC. The molecule has 0 spiro atoms. The van der Waals surface area contributed by atoms with Crippen LogP contribution >= 0.6 is 0 Å². The average molecular weight is 680 g/mol. The molecule has 1 N–H and O–H groups in total. The molecule has 1 aliphatic carbocycles. The first kappa shape index (κ1) is 34.4. The van der Waals surface area contributed by atoms with Gasteiger partial charge in [-0.15, -0.1) is 0 Å².